The summed E-state index contributed by atoms with van der Waals surface area (Å²) in [6.45, 7) is 2.40. The van der Waals surface area contributed by atoms with E-state index in [1.54, 1.807) is 7.11 Å². The second-order valence-electron chi connectivity index (χ2n) is 4.92. The van der Waals surface area contributed by atoms with Crippen molar-refractivity contribution in [2.24, 2.45) is 0 Å². The molecule has 0 spiro atoms. The van der Waals surface area contributed by atoms with Crippen LogP contribution in [0.5, 0.6) is 11.5 Å². The first-order chi connectivity index (χ1) is 11.7. The van der Waals surface area contributed by atoms with Gasteiger partial charge in [0.15, 0.2) is 11.5 Å². The van der Waals surface area contributed by atoms with Gasteiger partial charge in [-0.1, -0.05) is 42.2 Å². The van der Waals surface area contributed by atoms with Crippen LogP contribution in [0.4, 0.5) is 10.5 Å². The number of aryl methyl sites for hydroxylation is 1. The first-order valence-corrected chi connectivity index (χ1v) is 7.52. The number of rotatable bonds is 5. The van der Waals surface area contributed by atoms with Crippen molar-refractivity contribution in [3.63, 3.8) is 0 Å². The molecule has 0 saturated heterocycles. The van der Waals surface area contributed by atoms with Crippen molar-refractivity contribution in [3.8, 4) is 23.3 Å². The molecule has 0 aromatic heterocycles. The largest absolute Gasteiger partial charge is 0.493 e. The van der Waals surface area contributed by atoms with E-state index in [0.717, 1.165) is 11.3 Å². The topological polar surface area (TPSA) is 59.6 Å². The van der Waals surface area contributed by atoms with E-state index in [2.05, 4.69) is 22.5 Å². The number of hydrogen-bond donors (Lipinski definition) is 2. The summed E-state index contributed by atoms with van der Waals surface area (Å²) in [6.07, 6.45) is 0. The van der Waals surface area contributed by atoms with Gasteiger partial charge in [0.2, 0.25) is 0 Å². The Labute approximate surface area is 142 Å². The van der Waals surface area contributed by atoms with Gasteiger partial charge in [-0.3, -0.25) is 0 Å². The molecule has 2 aromatic rings. The normalized spacial score (nSPS) is 9.42. The quantitative estimate of drug-likeness (QED) is 0.830. The van der Waals surface area contributed by atoms with E-state index in [0.29, 0.717) is 11.5 Å². The highest BCUT2D eigenvalue weighted by atomic mass is 16.5. The third-order valence-corrected chi connectivity index (χ3v) is 3.22. The zero-order chi connectivity index (χ0) is 17.2. The molecule has 0 heterocycles. The summed E-state index contributed by atoms with van der Waals surface area (Å²) in [4.78, 5) is 11.8. The second kappa shape index (κ2) is 9.11. The van der Waals surface area contributed by atoms with Crippen LogP contribution in [0.15, 0.2) is 48.5 Å². The third-order valence-electron chi connectivity index (χ3n) is 3.22. The SMILES string of the molecule is COc1ccccc1OCC#CCNC(=O)Nc1ccccc1C. The van der Waals surface area contributed by atoms with Crippen LogP contribution in [-0.2, 0) is 0 Å². The van der Waals surface area contributed by atoms with E-state index in [1.165, 1.54) is 0 Å². The average molecular weight is 324 g/mol. The Bertz CT molecular complexity index is 748. The third kappa shape index (κ3) is 5.25. The molecule has 124 valence electrons. The van der Waals surface area contributed by atoms with Crippen molar-refractivity contribution in [3.05, 3.63) is 54.1 Å². The lowest BCUT2D eigenvalue weighted by atomic mass is 10.2. The molecule has 0 radical (unpaired) electrons. The summed E-state index contributed by atoms with van der Waals surface area (Å²) in [6, 6.07) is 14.7. The Morgan fingerprint density at radius 2 is 1.75 bits per heavy atom. The van der Waals surface area contributed by atoms with Crippen LogP contribution < -0.4 is 20.1 Å². The zero-order valence-electron chi connectivity index (χ0n) is 13.8. The van der Waals surface area contributed by atoms with Gasteiger partial charge in [0.1, 0.15) is 6.61 Å². The van der Waals surface area contributed by atoms with Crippen LogP contribution in [0, 0.1) is 18.8 Å². The molecule has 24 heavy (non-hydrogen) atoms. The lowest BCUT2D eigenvalue weighted by Crippen LogP contribution is -2.29. The Balaban J connectivity index is 1.72. The Morgan fingerprint density at radius 3 is 2.50 bits per heavy atom. The van der Waals surface area contributed by atoms with E-state index < -0.39 is 0 Å². The highest BCUT2D eigenvalue weighted by Gasteiger charge is 2.02. The Hall–Kier alpha value is -3.13. The van der Waals surface area contributed by atoms with Gasteiger partial charge in [0.05, 0.1) is 13.7 Å². The van der Waals surface area contributed by atoms with Crippen LogP contribution in [0.25, 0.3) is 0 Å². The molecule has 2 rings (SSSR count). The van der Waals surface area contributed by atoms with E-state index in [9.17, 15) is 4.79 Å². The minimum atomic E-state index is -0.288. The number of anilines is 1. The molecule has 0 aliphatic heterocycles. The van der Waals surface area contributed by atoms with Gasteiger partial charge in [-0.15, -0.1) is 0 Å². The zero-order valence-corrected chi connectivity index (χ0v) is 13.8. The lowest BCUT2D eigenvalue weighted by molar-refractivity contribution is 0.253. The summed E-state index contributed by atoms with van der Waals surface area (Å²) >= 11 is 0. The molecule has 0 atom stereocenters. The molecule has 2 amide bonds. The van der Waals surface area contributed by atoms with Crippen molar-refractivity contribution in [1.82, 2.24) is 5.32 Å². The van der Waals surface area contributed by atoms with Gasteiger partial charge in [-0.05, 0) is 30.7 Å². The molecule has 5 heteroatoms. The van der Waals surface area contributed by atoms with Gasteiger partial charge >= 0.3 is 6.03 Å². The smallest absolute Gasteiger partial charge is 0.320 e. The molecule has 0 saturated carbocycles. The Kier molecular flexibility index (Phi) is 6.54. The van der Waals surface area contributed by atoms with E-state index in [4.69, 9.17) is 9.47 Å². The van der Waals surface area contributed by atoms with E-state index >= 15 is 0 Å². The summed E-state index contributed by atoms with van der Waals surface area (Å²) in [7, 11) is 1.59. The number of urea groups is 1. The van der Waals surface area contributed by atoms with Gasteiger partial charge in [-0.2, -0.15) is 0 Å². The summed E-state index contributed by atoms with van der Waals surface area (Å²) in [5.74, 6) is 6.98. The monoisotopic (exact) mass is 324 g/mol. The molecule has 0 bridgehead atoms. The summed E-state index contributed by atoms with van der Waals surface area (Å²) in [5.41, 5.74) is 1.78. The second-order valence-corrected chi connectivity index (χ2v) is 4.92. The maximum absolute atomic E-state index is 11.8. The summed E-state index contributed by atoms with van der Waals surface area (Å²) in [5, 5.41) is 5.45. The van der Waals surface area contributed by atoms with Crippen molar-refractivity contribution in [1.29, 1.82) is 0 Å². The van der Waals surface area contributed by atoms with Crippen molar-refractivity contribution in [2.45, 2.75) is 6.92 Å². The molecule has 2 N–H and O–H groups in total. The lowest BCUT2D eigenvalue weighted by Gasteiger charge is -2.08. The highest BCUT2D eigenvalue weighted by Crippen LogP contribution is 2.25. The maximum atomic E-state index is 11.8. The molecule has 2 aromatic carbocycles. The van der Waals surface area contributed by atoms with Crippen molar-refractivity contribution in [2.75, 3.05) is 25.6 Å². The molecule has 5 nitrogen and oxygen atoms in total. The minimum Gasteiger partial charge on any atom is -0.493 e. The number of nitrogens with one attached hydrogen (secondary N) is 2. The number of amides is 2. The average Bonchev–Trinajstić information content (AvgIpc) is 2.60. The molecule has 0 fully saturated rings. The van der Waals surface area contributed by atoms with E-state index in [1.807, 2.05) is 55.5 Å². The molecular formula is C19H20N2O3. The fourth-order valence-electron chi connectivity index (χ4n) is 1.97. The molecule has 0 unspecified atom stereocenters. The van der Waals surface area contributed by atoms with Gasteiger partial charge in [-0.25, -0.2) is 4.79 Å². The van der Waals surface area contributed by atoms with Gasteiger partial charge in [0.25, 0.3) is 0 Å². The molecule has 0 aliphatic carbocycles. The van der Waals surface area contributed by atoms with Gasteiger partial charge < -0.3 is 20.1 Å². The van der Waals surface area contributed by atoms with E-state index in [-0.39, 0.29) is 19.2 Å². The highest BCUT2D eigenvalue weighted by molar-refractivity contribution is 5.90. The predicted molar refractivity (Wildman–Crippen MR) is 94.5 cm³/mol. The molecular weight excluding hydrogens is 304 g/mol. The van der Waals surface area contributed by atoms with Crippen LogP contribution in [0.1, 0.15) is 5.56 Å². The first-order valence-electron chi connectivity index (χ1n) is 7.52. The number of methoxy groups -OCH3 is 1. The predicted octanol–water partition coefficient (Wildman–Crippen LogP) is 3.21. The number of carbonyl (C=O) groups is 1. The minimum absolute atomic E-state index is 0.224. The van der Waals surface area contributed by atoms with Crippen molar-refractivity contribution >= 4 is 11.7 Å². The number of hydrogen-bond acceptors (Lipinski definition) is 3. The standard InChI is InChI=1S/C19H20N2O3/c1-15-9-3-4-10-16(15)21-19(22)20-13-7-8-14-24-18-12-6-5-11-17(18)23-2/h3-6,9-12H,13-14H2,1-2H3,(H2,20,21,22). The van der Waals surface area contributed by atoms with Crippen LogP contribution in [0.2, 0.25) is 0 Å². The summed E-state index contributed by atoms with van der Waals surface area (Å²) < 4.78 is 10.7. The fraction of sp³-hybridized carbons (Fsp3) is 0.211. The fourth-order valence-corrected chi connectivity index (χ4v) is 1.97. The van der Waals surface area contributed by atoms with Crippen LogP contribution in [0.3, 0.4) is 0 Å². The molecule has 0 aliphatic rings. The Morgan fingerprint density at radius 1 is 1.04 bits per heavy atom. The number of benzene rings is 2. The van der Waals surface area contributed by atoms with Crippen molar-refractivity contribution < 1.29 is 14.3 Å². The number of carbonyl (C=O) groups excluding carboxylic acids is 1. The van der Waals surface area contributed by atoms with Gasteiger partial charge in [0, 0.05) is 5.69 Å². The maximum Gasteiger partial charge on any atom is 0.320 e. The number of ether oxygens (including phenoxy) is 2. The first kappa shape index (κ1) is 17.2. The number of para-hydroxylation sites is 3. The van der Waals surface area contributed by atoms with Crippen LogP contribution in [-0.4, -0.2) is 26.3 Å². The van der Waals surface area contributed by atoms with Crippen LogP contribution >= 0.6 is 0 Å².